The van der Waals surface area contributed by atoms with Crippen molar-refractivity contribution >= 4 is 17.5 Å². The fourth-order valence-corrected chi connectivity index (χ4v) is 5.77. The highest BCUT2D eigenvalue weighted by Crippen LogP contribution is 2.45. The Labute approximate surface area is 200 Å². The number of carbonyl (C=O) groups excluding carboxylic acids is 2. The molecule has 2 aromatic carbocycles. The molecule has 5 rings (SSSR count). The molecule has 1 saturated carbocycles. The first kappa shape index (κ1) is 22.7. The molecule has 2 amide bonds. The summed E-state index contributed by atoms with van der Waals surface area (Å²) in [5, 5.41) is 1.87. The van der Waals surface area contributed by atoms with Gasteiger partial charge in [0.25, 0.3) is 5.91 Å². The first-order valence-corrected chi connectivity index (χ1v) is 12.2. The van der Waals surface area contributed by atoms with Gasteiger partial charge < -0.3 is 9.47 Å². The van der Waals surface area contributed by atoms with Crippen LogP contribution in [0.5, 0.6) is 11.5 Å². The van der Waals surface area contributed by atoms with E-state index < -0.39 is 12.0 Å². The number of methoxy groups -OCH3 is 2. The van der Waals surface area contributed by atoms with E-state index in [1.165, 1.54) is 11.3 Å². The number of likely N-dealkylation sites (tertiary alicyclic amines) is 1. The minimum atomic E-state index is -0.745. The average molecular weight is 465 g/mol. The molecule has 0 aromatic heterocycles. The Morgan fingerprint density at radius 2 is 1.65 bits per heavy atom. The van der Waals surface area contributed by atoms with Gasteiger partial charge in [-0.2, -0.15) is 0 Å². The van der Waals surface area contributed by atoms with Gasteiger partial charge in [-0.3, -0.25) is 19.3 Å². The van der Waals surface area contributed by atoms with Crippen LogP contribution in [0.3, 0.4) is 0 Å². The Morgan fingerprint density at radius 3 is 2.35 bits per heavy atom. The molecule has 3 aliphatic rings. The summed E-state index contributed by atoms with van der Waals surface area (Å²) in [5.74, 6) is 0.834. The van der Waals surface area contributed by atoms with Crippen LogP contribution in [-0.4, -0.2) is 49.6 Å². The van der Waals surface area contributed by atoms with E-state index in [2.05, 4.69) is 0 Å². The highest BCUT2D eigenvalue weighted by atomic mass is 16.7. The minimum Gasteiger partial charge on any atom is -0.493 e. The lowest BCUT2D eigenvalue weighted by Crippen LogP contribution is -2.45. The number of nitrogens with zero attached hydrogens (tertiary/aromatic N) is 2. The molecule has 180 valence electrons. The van der Waals surface area contributed by atoms with Gasteiger partial charge in [0.05, 0.1) is 31.9 Å². The Bertz CT molecular complexity index is 1040. The SMILES string of the molecule is COc1ccc(CCN2C(=O)[C@H]3[C@@H](C4CCCCC4)N(c4ccccc4)O[C@H]3C2=O)cc1OC. The zero-order valence-electron chi connectivity index (χ0n) is 19.8. The molecule has 1 aliphatic carbocycles. The average Bonchev–Trinajstić information content (AvgIpc) is 3.39. The van der Waals surface area contributed by atoms with Crippen molar-refractivity contribution in [2.45, 2.75) is 50.7 Å². The maximum absolute atomic E-state index is 13.6. The van der Waals surface area contributed by atoms with Crippen LogP contribution in [-0.2, 0) is 20.8 Å². The van der Waals surface area contributed by atoms with Crippen LogP contribution in [0.2, 0.25) is 0 Å². The van der Waals surface area contributed by atoms with Gasteiger partial charge in [-0.25, -0.2) is 5.06 Å². The highest BCUT2D eigenvalue weighted by molar-refractivity contribution is 6.07. The monoisotopic (exact) mass is 464 g/mol. The molecule has 2 saturated heterocycles. The standard InChI is InChI=1S/C27H32N2O5/c1-32-21-14-13-18(17-22(21)33-2)15-16-28-26(30)23-24(19-9-5-3-6-10-19)29(34-25(23)27(28)31)20-11-7-4-8-12-20/h4,7-8,11-14,17,19,23-25H,3,5-6,9-10,15-16H2,1-2H3/t23-,24+,25+/m0/s1. The van der Waals surface area contributed by atoms with Crippen molar-refractivity contribution in [3.63, 3.8) is 0 Å². The second-order valence-electron chi connectivity index (χ2n) is 9.37. The Kier molecular flexibility index (Phi) is 6.46. The predicted molar refractivity (Wildman–Crippen MR) is 128 cm³/mol. The molecule has 0 unspecified atom stereocenters. The van der Waals surface area contributed by atoms with Crippen molar-refractivity contribution in [2.75, 3.05) is 25.8 Å². The van der Waals surface area contributed by atoms with E-state index >= 15 is 0 Å². The molecule has 0 bridgehead atoms. The summed E-state index contributed by atoms with van der Waals surface area (Å²) in [6.07, 6.45) is 5.48. The van der Waals surface area contributed by atoms with Crippen molar-refractivity contribution in [3.8, 4) is 11.5 Å². The minimum absolute atomic E-state index is 0.107. The molecule has 3 atom stereocenters. The van der Waals surface area contributed by atoms with Gasteiger partial charge in [0.2, 0.25) is 5.91 Å². The van der Waals surface area contributed by atoms with Gasteiger partial charge in [0.1, 0.15) is 0 Å². The lowest BCUT2D eigenvalue weighted by Gasteiger charge is -2.35. The summed E-state index contributed by atoms with van der Waals surface area (Å²) in [4.78, 5) is 34.6. The molecule has 7 nitrogen and oxygen atoms in total. The van der Waals surface area contributed by atoms with Crippen molar-refractivity contribution in [1.29, 1.82) is 0 Å². The third-order valence-corrected chi connectivity index (χ3v) is 7.47. The zero-order chi connectivity index (χ0) is 23.7. The number of hydroxylamine groups is 1. The van der Waals surface area contributed by atoms with Crippen LogP contribution in [0.1, 0.15) is 37.7 Å². The summed E-state index contributed by atoms with van der Waals surface area (Å²) in [7, 11) is 3.19. The van der Waals surface area contributed by atoms with Gasteiger partial charge >= 0.3 is 0 Å². The van der Waals surface area contributed by atoms with E-state index in [0.29, 0.717) is 30.4 Å². The van der Waals surface area contributed by atoms with E-state index in [1.807, 2.05) is 53.6 Å². The molecule has 2 heterocycles. The zero-order valence-corrected chi connectivity index (χ0v) is 19.8. The van der Waals surface area contributed by atoms with Crippen molar-refractivity contribution in [1.82, 2.24) is 4.90 Å². The molecule has 34 heavy (non-hydrogen) atoms. The number of ether oxygens (including phenoxy) is 2. The quantitative estimate of drug-likeness (QED) is 0.577. The number of hydrogen-bond donors (Lipinski definition) is 0. The molecule has 3 fully saturated rings. The first-order valence-electron chi connectivity index (χ1n) is 12.2. The van der Waals surface area contributed by atoms with E-state index in [4.69, 9.17) is 14.3 Å². The first-order chi connectivity index (χ1) is 16.6. The number of anilines is 1. The van der Waals surface area contributed by atoms with Gasteiger partial charge in [0, 0.05) is 6.54 Å². The van der Waals surface area contributed by atoms with Gasteiger partial charge in [-0.05, 0) is 55.0 Å². The van der Waals surface area contributed by atoms with Crippen LogP contribution in [0.4, 0.5) is 5.69 Å². The fraction of sp³-hybridized carbons (Fsp3) is 0.481. The molecule has 2 aliphatic heterocycles. The summed E-state index contributed by atoms with van der Waals surface area (Å²) < 4.78 is 10.7. The molecule has 0 N–H and O–H groups in total. The summed E-state index contributed by atoms with van der Waals surface area (Å²) in [5.41, 5.74) is 1.89. The Balaban J connectivity index is 1.36. The molecule has 2 aromatic rings. The number of para-hydroxylation sites is 1. The Morgan fingerprint density at radius 1 is 0.912 bits per heavy atom. The third-order valence-electron chi connectivity index (χ3n) is 7.47. The topological polar surface area (TPSA) is 68.3 Å². The largest absolute Gasteiger partial charge is 0.493 e. The predicted octanol–water partition coefficient (Wildman–Crippen LogP) is 4.00. The second kappa shape index (κ2) is 9.66. The van der Waals surface area contributed by atoms with Gasteiger partial charge in [-0.1, -0.05) is 43.5 Å². The second-order valence-corrected chi connectivity index (χ2v) is 9.37. The van der Waals surface area contributed by atoms with E-state index in [9.17, 15) is 9.59 Å². The number of benzene rings is 2. The highest BCUT2D eigenvalue weighted by Gasteiger charge is 2.60. The molecular formula is C27H32N2O5. The lowest BCUT2D eigenvalue weighted by molar-refractivity contribution is -0.143. The van der Waals surface area contributed by atoms with Crippen LogP contribution < -0.4 is 14.5 Å². The van der Waals surface area contributed by atoms with Gasteiger partial charge in [0.15, 0.2) is 17.6 Å². The molecule has 0 spiro atoms. The van der Waals surface area contributed by atoms with Crippen LogP contribution in [0.25, 0.3) is 0 Å². The van der Waals surface area contributed by atoms with E-state index in [0.717, 1.165) is 36.9 Å². The Hall–Kier alpha value is -3.06. The number of amides is 2. The number of hydrogen-bond acceptors (Lipinski definition) is 6. The normalized spacial score (nSPS) is 25.1. The number of imide groups is 1. The van der Waals surface area contributed by atoms with Crippen LogP contribution >= 0.6 is 0 Å². The molecule has 7 heteroatoms. The van der Waals surface area contributed by atoms with Crippen molar-refractivity contribution < 1.29 is 23.9 Å². The molecular weight excluding hydrogens is 432 g/mol. The molecule has 0 radical (unpaired) electrons. The number of fused-ring (bicyclic) bond motifs is 1. The van der Waals surface area contributed by atoms with Crippen LogP contribution in [0, 0.1) is 11.8 Å². The third kappa shape index (κ3) is 4.02. The van der Waals surface area contributed by atoms with Crippen molar-refractivity contribution in [2.24, 2.45) is 11.8 Å². The summed E-state index contributed by atoms with van der Waals surface area (Å²) >= 11 is 0. The van der Waals surface area contributed by atoms with Crippen LogP contribution in [0.15, 0.2) is 48.5 Å². The smallest absolute Gasteiger partial charge is 0.261 e. The number of rotatable bonds is 7. The van der Waals surface area contributed by atoms with Crippen molar-refractivity contribution in [3.05, 3.63) is 54.1 Å². The maximum atomic E-state index is 13.6. The summed E-state index contributed by atoms with van der Waals surface area (Å²) in [6, 6.07) is 15.4. The maximum Gasteiger partial charge on any atom is 0.261 e. The van der Waals surface area contributed by atoms with E-state index in [-0.39, 0.29) is 17.9 Å². The van der Waals surface area contributed by atoms with E-state index in [1.54, 1.807) is 14.2 Å². The van der Waals surface area contributed by atoms with Gasteiger partial charge in [-0.15, -0.1) is 0 Å². The lowest BCUT2D eigenvalue weighted by atomic mass is 9.77. The summed E-state index contributed by atoms with van der Waals surface area (Å²) in [6.45, 7) is 0.326. The number of carbonyl (C=O) groups is 2. The fourth-order valence-electron chi connectivity index (χ4n) is 5.77.